The molecule has 0 spiro atoms. The Hall–Kier alpha value is -2.86. The first-order valence-corrected chi connectivity index (χ1v) is 9.54. The number of nitrogens with zero attached hydrogens (tertiary/aromatic N) is 6. The maximum Gasteiger partial charge on any atom is 0.198 e. The zero-order chi connectivity index (χ0) is 19.5. The minimum absolute atomic E-state index is 0.245. The van der Waals surface area contributed by atoms with Crippen molar-refractivity contribution in [3.05, 3.63) is 70.2 Å². The molecule has 0 saturated heterocycles. The lowest BCUT2D eigenvalue weighted by Gasteiger charge is -2.09. The van der Waals surface area contributed by atoms with E-state index >= 15 is 0 Å². The van der Waals surface area contributed by atoms with Crippen LogP contribution in [0.1, 0.15) is 11.5 Å². The van der Waals surface area contributed by atoms with Gasteiger partial charge in [0.15, 0.2) is 16.7 Å². The van der Waals surface area contributed by atoms with Crippen LogP contribution in [-0.4, -0.2) is 25.0 Å². The Kier molecular flexibility index (Phi) is 5.30. The van der Waals surface area contributed by atoms with Crippen molar-refractivity contribution >= 4 is 35.0 Å². The average Bonchev–Trinajstić information content (AvgIpc) is 3.34. The minimum Gasteiger partial charge on any atom is -0.467 e. The molecule has 0 fully saturated rings. The van der Waals surface area contributed by atoms with Gasteiger partial charge >= 0.3 is 0 Å². The third-order valence-corrected chi connectivity index (χ3v) is 5.19. The lowest BCUT2D eigenvalue weighted by atomic mass is 10.2. The van der Waals surface area contributed by atoms with Crippen LogP contribution in [0.5, 0.6) is 0 Å². The number of aromatic nitrogens is 5. The summed E-state index contributed by atoms with van der Waals surface area (Å²) >= 11 is 13.7. The quantitative estimate of drug-likeness (QED) is 0.454. The molecule has 4 rings (SSSR count). The van der Waals surface area contributed by atoms with Gasteiger partial charge in [-0.05, 0) is 54.2 Å². The van der Waals surface area contributed by atoms with Crippen molar-refractivity contribution in [2.45, 2.75) is 16.7 Å². The van der Waals surface area contributed by atoms with Crippen LogP contribution in [0.4, 0.5) is 0 Å². The van der Waals surface area contributed by atoms with E-state index in [1.54, 1.807) is 36.6 Å². The number of hydrogen-bond donors (Lipinski definition) is 0. The van der Waals surface area contributed by atoms with Crippen molar-refractivity contribution < 1.29 is 4.42 Å². The fraction of sp³-hybridized carbons (Fsp3) is 0.0556. The number of halogens is 2. The highest BCUT2D eigenvalue weighted by molar-refractivity contribution is 7.99. The molecule has 0 atom stereocenters. The van der Waals surface area contributed by atoms with Gasteiger partial charge in [0.1, 0.15) is 16.9 Å². The van der Waals surface area contributed by atoms with Crippen LogP contribution >= 0.6 is 35.0 Å². The van der Waals surface area contributed by atoms with Gasteiger partial charge < -0.3 is 4.42 Å². The fourth-order valence-electron chi connectivity index (χ4n) is 2.46. The van der Waals surface area contributed by atoms with Crippen molar-refractivity contribution in [1.82, 2.24) is 25.0 Å². The smallest absolute Gasteiger partial charge is 0.198 e. The van der Waals surface area contributed by atoms with Crippen molar-refractivity contribution in [1.29, 1.82) is 5.26 Å². The van der Waals surface area contributed by atoms with Gasteiger partial charge in [-0.1, -0.05) is 23.2 Å². The molecule has 0 radical (unpaired) electrons. The normalized spacial score (nSPS) is 10.8. The van der Waals surface area contributed by atoms with Crippen molar-refractivity contribution in [3.8, 4) is 17.5 Å². The van der Waals surface area contributed by atoms with Crippen LogP contribution < -0.4 is 0 Å². The maximum atomic E-state index is 8.86. The highest BCUT2D eigenvalue weighted by Gasteiger charge is 2.19. The summed E-state index contributed by atoms with van der Waals surface area (Å²) in [5, 5.41) is 27.5. The van der Waals surface area contributed by atoms with Gasteiger partial charge in [0.05, 0.1) is 17.8 Å². The Balaban J connectivity index is 1.75. The minimum atomic E-state index is 0.245. The highest BCUT2D eigenvalue weighted by atomic mass is 35.5. The SMILES string of the molecule is N#Cc1ccc(Sc2nnc(-c3ccc(Cl)cc3Cl)n2Cc2ccco2)nn1. The molecule has 4 aromatic rings. The summed E-state index contributed by atoms with van der Waals surface area (Å²) in [7, 11) is 0. The topological polar surface area (TPSA) is 93.4 Å². The Morgan fingerprint density at radius 3 is 2.64 bits per heavy atom. The number of nitriles is 1. The standard InChI is InChI=1S/C18H10Cl2N6OS/c19-11-3-5-14(15(20)8-11)17-24-25-18(26(17)10-13-2-1-7-27-13)28-16-6-4-12(9-21)22-23-16/h1-8H,10H2. The van der Waals surface area contributed by atoms with Gasteiger partial charge in [0.2, 0.25) is 0 Å². The zero-order valence-electron chi connectivity index (χ0n) is 14.1. The predicted octanol–water partition coefficient (Wildman–Crippen LogP) is 4.71. The van der Waals surface area contributed by atoms with E-state index in [4.69, 9.17) is 32.9 Å². The molecule has 0 aliphatic rings. The Morgan fingerprint density at radius 1 is 1.07 bits per heavy atom. The number of hydrogen-bond acceptors (Lipinski definition) is 7. The van der Waals surface area contributed by atoms with E-state index in [9.17, 15) is 0 Å². The molecule has 0 saturated carbocycles. The first-order valence-electron chi connectivity index (χ1n) is 7.97. The number of rotatable bonds is 5. The summed E-state index contributed by atoms with van der Waals surface area (Å²) in [6.45, 7) is 0.403. The van der Waals surface area contributed by atoms with Crippen LogP contribution in [0.3, 0.4) is 0 Å². The van der Waals surface area contributed by atoms with Crippen LogP contribution in [0, 0.1) is 11.3 Å². The van der Waals surface area contributed by atoms with Crippen LogP contribution in [0.25, 0.3) is 11.4 Å². The Bertz CT molecular complexity index is 1150. The molecule has 0 N–H and O–H groups in total. The van der Waals surface area contributed by atoms with E-state index in [1.807, 2.05) is 22.8 Å². The third-order valence-electron chi connectivity index (χ3n) is 3.73. The predicted molar refractivity (Wildman–Crippen MR) is 104 cm³/mol. The summed E-state index contributed by atoms with van der Waals surface area (Å²) in [4.78, 5) is 0. The van der Waals surface area contributed by atoms with Gasteiger partial charge in [-0.2, -0.15) is 5.26 Å². The molecule has 28 heavy (non-hydrogen) atoms. The second kappa shape index (κ2) is 8.02. The largest absolute Gasteiger partial charge is 0.467 e. The van der Waals surface area contributed by atoms with Crippen LogP contribution in [0.15, 0.2) is 63.3 Å². The fourth-order valence-corrected chi connectivity index (χ4v) is 3.70. The summed E-state index contributed by atoms with van der Waals surface area (Å²) in [5.41, 5.74) is 0.943. The van der Waals surface area contributed by atoms with Crippen molar-refractivity contribution in [2.24, 2.45) is 0 Å². The van der Waals surface area contributed by atoms with Gasteiger partial charge in [-0.15, -0.1) is 20.4 Å². The monoisotopic (exact) mass is 428 g/mol. The second-order valence-corrected chi connectivity index (χ2v) is 7.40. The van der Waals surface area contributed by atoms with E-state index < -0.39 is 0 Å². The van der Waals surface area contributed by atoms with Gasteiger partial charge in [0.25, 0.3) is 0 Å². The molecule has 7 nitrogen and oxygen atoms in total. The molecule has 0 amide bonds. The van der Waals surface area contributed by atoms with Gasteiger partial charge in [-0.25, -0.2) is 0 Å². The molecule has 1 aromatic carbocycles. The van der Waals surface area contributed by atoms with Gasteiger partial charge in [0, 0.05) is 10.6 Å². The van der Waals surface area contributed by atoms with E-state index in [1.165, 1.54) is 11.8 Å². The molecular weight excluding hydrogens is 419 g/mol. The van der Waals surface area contributed by atoms with Crippen LogP contribution in [-0.2, 0) is 6.54 Å². The highest BCUT2D eigenvalue weighted by Crippen LogP contribution is 2.33. The summed E-state index contributed by atoms with van der Waals surface area (Å²) < 4.78 is 7.35. The summed E-state index contributed by atoms with van der Waals surface area (Å²) in [6.07, 6.45) is 1.60. The van der Waals surface area contributed by atoms with E-state index in [-0.39, 0.29) is 5.69 Å². The average molecular weight is 429 g/mol. The summed E-state index contributed by atoms with van der Waals surface area (Å²) in [5.74, 6) is 1.31. The number of benzene rings is 1. The Labute approximate surface area is 173 Å². The van der Waals surface area contributed by atoms with E-state index in [0.29, 0.717) is 38.2 Å². The van der Waals surface area contributed by atoms with Crippen LogP contribution in [0.2, 0.25) is 10.0 Å². The molecule has 0 unspecified atom stereocenters. The van der Waals surface area contributed by atoms with Crippen molar-refractivity contribution in [3.63, 3.8) is 0 Å². The Morgan fingerprint density at radius 2 is 1.96 bits per heavy atom. The number of furan rings is 1. The lowest BCUT2D eigenvalue weighted by molar-refractivity contribution is 0.485. The zero-order valence-corrected chi connectivity index (χ0v) is 16.4. The molecule has 0 aliphatic carbocycles. The molecular formula is C18H10Cl2N6OS. The molecule has 0 bridgehead atoms. The molecule has 3 aromatic heterocycles. The molecule has 0 aliphatic heterocycles. The van der Waals surface area contributed by atoms with E-state index in [2.05, 4.69) is 20.4 Å². The summed E-state index contributed by atoms with van der Waals surface area (Å²) in [6, 6.07) is 14.1. The van der Waals surface area contributed by atoms with Gasteiger partial charge in [-0.3, -0.25) is 4.57 Å². The lowest BCUT2D eigenvalue weighted by Crippen LogP contribution is -2.04. The molecule has 138 valence electrons. The first-order chi connectivity index (χ1) is 13.6. The third kappa shape index (κ3) is 3.87. The molecule has 3 heterocycles. The first kappa shape index (κ1) is 18.5. The second-order valence-electron chi connectivity index (χ2n) is 5.57. The van der Waals surface area contributed by atoms with E-state index in [0.717, 1.165) is 5.76 Å². The van der Waals surface area contributed by atoms with Crippen molar-refractivity contribution in [2.75, 3.05) is 0 Å². The molecule has 10 heteroatoms. The maximum absolute atomic E-state index is 8.86.